The van der Waals surface area contributed by atoms with Crippen molar-refractivity contribution in [1.82, 2.24) is 15.5 Å². The minimum Gasteiger partial charge on any atom is -0.389 e. The lowest BCUT2D eigenvalue weighted by atomic mass is 10.1. The van der Waals surface area contributed by atoms with Gasteiger partial charge in [0, 0.05) is 20.1 Å². The number of nitrogens with one attached hydrogen (secondary N) is 1. The smallest absolute Gasteiger partial charge is 0.271 e. The Kier molecular flexibility index (Phi) is 4.61. The van der Waals surface area contributed by atoms with Gasteiger partial charge in [-0.3, -0.25) is 4.79 Å². The number of amides is 1. The molecule has 1 amide bonds. The van der Waals surface area contributed by atoms with E-state index in [1.165, 1.54) is 0 Å². The molecule has 0 aliphatic heterocycles. The van der Waals surface area contributed by atoms with Crippen LogP contribution in [0.3, 0.4) is 0 Å². The second-order valence-corrected chi connectivity index (χ2v) is 4.68. The first-order chi connectivity index (χ1) is 8.37. The molecule has 0 aliphatic carbocycles. The first-order valence-electron chi connectivity index (χ1n) is 5.90. The number of hydrogen-bond donors (Lipinski definition) is 2. The zero-order chi connectivity index (χ0) is 13.8. The molecule has 6 nitrogen and oxygen atoms in total. The number of carbonyl (C=O) groups is 1. The quantitative estimate of drug-likeness (QED) is 0.794. The molecule has 1 aromatic rings. The molecule has 0 bridgehead atoms. The Bertz CT molecular complexity index is 398. The zero-order valence-corrected chi connectivity index (χ0v) is 11.3. The topological polar surface area (TPSA) is 78.4 Å². The summed E-state index contributed by atoms with van der Waals surface area (Å²) in [5.74, 6) is 0.381. The van der Waals surface area contributed by atoms with Crippen LogP contribution >= 0.6 is 0 Å². The highest BCUT2D eigenvalue weighted by molar-refractivity contribution is 5.91. The molecule has 0 spiro atoms. The van der Waals surface area contributed by atoms with E-state index < -0.39 is 5.60 Å². The van der Waals surface area contributed by atoms with Gasteiger partial charge in [-0.25, -0.2) is 0 Å². The summed E-state index contributed by atoms with van der Waals surface area (Å²) >= 11 is 0. The first kappa shape index (κ1) is 14.4. The molecule has 1 aromatic heterocycles. The van der Waals surface area contributed by atoms with Gasteiger partial charge < -0.3 is 15.3 Å². The normalized spacial score (nSPS) is 11.2. The van der Waals surface area contributed by atoms with Crippen LogP contribution in [0.4, 0.5) is 5.82 Å². The summed E-state index contributed by atoms with van der Waals surface area (Å²) in [4.78, 5) is 13.2. The molecule has 1 rings (SSSR count). The van der Waals surface area contributed by atoms with Crippen molar-refractivity contribution in [3.8, 4) is 0 Å². The maximum absolute atomic E-state index is 11.3. The van der Waals surface area contributed by atoms with E-state index in [4.69, 9.17) is 0 Å². The van der Waals surface area contributed by atoms with E-state index in [0.717, 1.165) is 0 Å². The van der Waals surface area contributed by atoms with Gasteiger partial charge in [0.2, 0.25) is 0 Å². The summed E-state index contributed by atoms with van der Waals surface area (Å²) in [6, 6.07) is 3.35. The van der Waals surface area contributed by atoms with Crippen molar-refractivity contribution in [2.45, 2.75) is 26.4 Å². The van der Waals surface area contributed by atoms with Crippen LogP contribution in [0.1, 0.15) is 31.3 Å². The molecule has 0 saturated carbocycles. The highest BCUT2D eigenvalue weighted by Crippen LogP contribution is 2.13. The van der Waals surface area contributed by atoms with Crippen LogP contribution < -0.4 is 10.2 Å². The Hall–Kier alpha value is -1.69. The van der Waals surface area contributed by atoms with Gasteiger partial charge in [0.1, 0.15) is 0 Å². The molecule has 1 heterocycles. The van der Waals surface area contributed by atoms with Crippen molar-refractivity contribution in [2.75, 3.05) is 25.0 Å². The number of aliphatic hydroxyl groups is 1. The lowest BCUT2D eigenvalue weighted by molar-refractivity contribution is 0.0872. The fraction of sp³-hybridized carbons (Fsp3) is 0.583. The number of hydrogen-bond acceptors (Lipinski definition) is 5. The van der Waals surface area contributed by atoms with Crippen molar-refractivity contribution in [1.29, 1.82) is 0 Å². The second-order valence-electron chi connectivity index (χ2n) is 4.68. The predicted octanol–water partition coefficient (Wildman–Crippen LogP) is 0.433. The number of likely N-dealkylation sites (N-methyl/N-ethyl adjacent to an activating group) is 1. The lowest BCUT2D eigenvalue weighted by Crippen LogP contribution is -2.39. The van der Waals surface area contributed by atoms with Crippen molar-refractivity contribution >= 4 is 11.7 Å². The summed E-state index contributed by atoms with van der Waals surface area (Å²) in [5.41, 5.74) is -0.530. The standard InChI is InChI=1S/C12H20N4O2/c1-5-16(8-12(2,3)18)10-7-6-9(14-15-10)11(17)13-4/h6-7,18H,5,8H2,1-4H3,(H,13,17). The number of carbonyl (C=O) groups excluding carboxylic acids is 1. The molecule has 0 atom stereocenters. The summed E-state index contributed by atoms with van der Waals surface area (Å²) in [6.45, 7) is 6.61. The zero-order valence-electron chi connectivity index (χ0n) is 11.3. The predicted molar refractivity (Wildman–Crippen MR) is 69.6 cm³/mol. The Morgan fingerprint density at radius 1 is 1.44 bits per heavy atom. The van der Waals surface area contributed by atoms with E-state index in [0.29, 0.717) is 18.9 Å². The van der Waals surface area contributed by atoms with Crippen LogP contribution in [0, 0.1) is 0 Å². The van der Waals surface area contributed by atoms with E-state index in [1.807, 2.05) is 11.8 Å². The summed E-state index contributed by atoms with van der Waals surface area (Å²) in [6.07, 6.45) is 0. The molecule has 0 fully saturated rings. The maximum Gasteiger partial charge on any atom is 0.271 e. The molecule has 100 valence electrons. The third-order valence-corrected chi connectivity index (χ3v) is 2.39. The fourth-order valence-corrected chi connectivity index (χ4v) is 1.56. The average Bonchev–Trinajstić information content (AvgIpc) is 2.34. The van der Waals surface area contributed by atoms with Crippen molar-refractivity contribution in [3.63, 3.8) is 0 Å². The molecule has 0 saturated heterocycles. The van der Waals surface area contributed by atoms with E-state index in [-0.39, 0.29) is 11.6 Å². The molecule has 0 radical (unpaired) electrons. The fourth-order valence-electron chi connectivity index (χ4n) is 1.56. The molecule has 6 heteroatoms. The Morgan fingerprint density at radius 3 is 2.50 bits per heavy atom. The maximum atomic E-state index is 11.3. The first-order valence-corrected chi connectivity index (χ1v) is 5.90. The van der Waals surface area contributed by atoms with Crippen molar-refractivity contribution in [3.05, 3.63) is 17.8 Å². The van der Waals surface area contributed by atoms with Crippen LogP contribution in [-0.4, -0.2) is 46.9 Å². The lowest BCUT2D eigenvalue weighted by Gasteiger charge is -2.28. The number of aromatic nitrogens is 2. The number of nitrogens with zero attached hydrogens (tertiary/aromatic N) is 3. The molecule has 0 aliphatic rings. The minimum atomic E-state index is -0.808. The van der Waals surface area contributed by atoms with E-state index >= 15 is 0 Å². The van der Waals surface area contributed by atoms with Crippen LogP contribution in [0.15, 0.2) is 12.1 Å². The average molecular weight is 252 g/mol. The van der Waals surface area contributed by atoms with Crippen LogP contribution in [0.2, 0.25) is 0 Å². The molecule has 0 aromatic carbocycles. The van der Waals surface area contributed by atoms with E-state index in [1.54, 1.807) is 33.0 Å². The third-order valence-electron chi connectivity index (χ3n) is 2.39. The highest BCUT2D eigenvalue weighted by atomic mass is 16.3. The van der Waals surface area contributed by atoms with Crippen LogP contribution in [-0.2, 0) is 0 Å². The van der Waals surface area contributed by atoms with Gasteiger partial charge in [0.15, 0.2) is 11.5 Å². The molecular formula is C12H20N4O2. The Morgan fingerprint density at radius 2 is 2.11 bits per heavy atom. The van der Waals surface area contributed by atoms with Gasteiger partial charge in [-0.1, -0.05) is 0 Å². The van der Waals surface area contributed by atoms with Gasteiger partial charge >= 0.3 is 0 Å². The summed E-state index contributed by atoms with van der Waals surface area (Å²) < 4.78 is 0. The third kappa shape index (κ3) is 3.96. The van der Waals surface area contributed by atoms with Gasteiger partial charge in [-0.05, 0) is 32.9 Å². The van der Waals surface area contributed by atoms with Gasteiger partial charge in [0.25, 0.3) is 5.91 Å². The largest absolute Gasteiger partial charge is 0.389 e. The van der Waals surface area contributed by atoms with Crippen LogP contribution in [0.5, 0.6) is 0 Å². The van der Waals surface area contributed by atoms with Gasteiger partial charge in [0.05, 0.1) is 5.60 Å². The molecule has 0 unspecified atom stereocenters. The van der Waals surface area contributed by atoms with E-state index in [9.17, 15) is 9.90 Å². The van der Waals surface area contributed by atoms with Gasteiger partial charge in [-0.2, -0.15) is 0 Å². The van der Waals surface area contributed by atoms with Crippen molar-refractivity contribution < 1.29 is 9.90 Å². The molecule has 18 heavy (non-hydrogen) atoms. The number of rotatable bonds is 5. The SMILES string of the molecule is CCN(CC(C)(C)O)c1ccc(C(=O)NC)nn1. The van der Waals surface area contributed by atoms with Crippen molar-refractivity contribution in [2.24, 2.45) is 0 Å². The monoisotopic (exact) mass is 252 g/mol. The second kappa shape index (κ2) is 5.77. The molecule has 2 N–H and O–H groups in total. The number of anilines is 1. The minimum absolute atomic E-state index is 0.264. The van der Waals surface area contributed by atoms with Crippen LogP contribution in [0.25, 0.3) is 0 Å². The summed E-state index contributed by atoms with van der Waals surface area (Å²) in [7, 11) is 1.55. The highest BCUT2D eigenvalue weighted by Gasteiger charge is 2.19. The Labute approximate surface area is 107 Å². The summed E-state index contributed by atoms with van der Waals surface area (Å²) in [5, 5.41) is 20.2. The molecular weight excluding hydrogens is 232 g/mol. The van der Waals surface area contributed by atoms with Gasteiger partial charge in [-0.15, -0.1) is 10.2 Å². The Balaban J connectivity index is 2.85. The van der Waals surface area contributed by atoms with E-state index in [2.05, 4.69) is 15.5 Å².